The summed E-state index contributed by atoms with van der Waals surface area (Å²) >= 11 is 0. The molecule has 0 bridgehead atoms. The Morgan fingerprint density at radius 1 is 1.25 bits per heavy atom. The van der Waals surface area contributed by atoms with Gasteiger partial charge < -0.3 is 15.0 Å². The van der Waals surface area contributed by atoms with E-state index in [1.165, 1.54) is 0 Å². The molecule has 1 aliphatic rings. The quantitative estimate of drug-likeness (QED) is 0.860. The average Bonchev–Trinajstić information content (AvgIpc) is 2.92. The number of amides is 2. The van der Waals surface area contributed by atoms with Crippen molar-refractivity contribution in [2.24, 2.45) is 0 Å². The van der Waals surface area contributed by atoms with Crippen molar-refractivity contribution in [3.05, 3.63) is 53.3 Å². The summed E-state index contributed by atoms with van der Waals surface area (Å²) in [5, 5.41) is 3.11. The number of aromatic nitrogens is 1. The predicted octanol–water partition coefficient (Wildman–Crippen LogP) is 3.51. The van der Waals surface area contributed by atoms with Crippen molar-refractivity contribution in [3.63, 3.8) is 0 Å². The zero-order valence-electron chi connectivity index (χ0n) is 17.6. The van der Waals surface area contributed by atoms with Crippen molar-refractivity contribution >= 4 is 11.7 Å². The van der Waals surface area contributed by atoms with Gasteiger partial charge in [-0.15, -0.1) is 0 Å². The Labute approximate surface area is 167 Å². The van der Waals surface area contributed by atoms with E-state index in [9.17, 15) is 4.79 Å². The number of nitrogens with zero attached hydrogens (tertiary/aromatic N) is 3. The maximum Gasteiger partial charge on any atom is 0.322 e. The fraction of sp³-hybridized carbons (Fsp3) is 0.455. The normalized spacial score (nSPS) is 16.0. The molecular formula is C22H30N4O2. The van der Waals surface area contributed by atoms with Crippen LogP contribution in [0.4, 0.5) is 10.5 Å². The van der Waals surface area contributed by atoms with Gasteiger partial charge in [0.15, 0.2) is 0 Å². The monoisotopic (exact) mass is 382 g/mol. The maximum atomic E-state index is 13.0. The van der Waals surface area contributed by atoms with E-state index in [2.05, 4.69) is 29.0 Å². The molecule has 6 nitrogen and oxygen atoms in total. The van der Waals surface area contributed by atoms with E-state index in [-0.39, 0.29) is 17.5 Å². The van der Waals surface area contributed by atoms with Gasteiger partial charge in [0.2, 0.25) is 0 Å². The van der Waals surface area contributed by atoms with E-state index < -0.39 is 0 Å². The first kappa shape index (κ1) is 20.1. The van der Waals surface area contributed by atoms with E-state index in [0.29, 0.717) is 13.1 Å². The Hall–Kier alpha value is -2.60. The van der Waals surface area contributed by atoms with Gasteiger partial charge >= 0.3 is 6.03 Å². The van der Waals surface area contributed by atoms with Crippen LogP contribution in [-0.4, -0.2) is 50.2 Å². The molecule has 2 heterocycles. The highest BCUT2D eigenvalue weighted by Crippen LogP contribution is 2.39. The van der Waals surface area contributed by atoms with Gasteiger partial charge in [0.05, 0.1) is 24.5 Å². The van der Waals surface area contributed by atoms with E-state index in [0.717, 1.165) is 28.4 Å². The second-order valence-electron chi connectivity index (χ2n) is 8.23. The molecule has 1 aromatic carbocycles. The van der Waals surface area contributed by atoms with Crippen LogP contribution in [0.1, 0.15) is 36.8 Å². The van der Waals surface area contributed by atoms with E-state index in [1.807, 2.05) is 62.3 Å². The molecule has 0 aliphatic carbocycles. The average molecular weight is 383 g/mol. The summed E-state index contributed by atoms with van der Waals surface area (Å²) in [5.74, 6) is 0.823. The summed E-state index contributed by atoms with van der Waals surface area (Å²) in [7, 11) is 5.69. The summed E-state index contributed by atoms with van der Waals surface area (Å²) in [4.78, 5) is 21.6. The lowest BCUT2D eigenvalue weighted by molar-refractivity contribution is 0.237. The van der Waals surface area contributed by atoms with Crippen molar-refractivity contribution < 1.29 is 9.53 Å². The van der Waals surface area contributed by atoms with Gasteiger partial charge in [0, 0.05) is 24.2 Å². The molecule has 1 aliphatic heterocycles. The van der Waals surface area contributed by atoms with Gasteiger partial charge in [0.25, 0.3) is 0 Å². The van der Waals surface area contributed by atoms with Crippen LogP contribution in [0.3, 0.4) is 0 Å². The van der Waals surface area contributed by atoms with Crippen molar-refractivity contribution in [3.8, 4) is 5.75 Å². The molecule has 0 radical (unpaired) electrons. The van der Waals surface area contributed by atoms with Crippen molar-refractivity contribution in [2.45, 2.75) is 32.2 Å². The Morgan fingerprint density at radius 3 is 2.54 bits per heavy atom. The first-order valence-corrected chi connectivity index (χ1v) is 9.57. The third-order valence-corrected chi connectivity index (χ3v) is 5.31. The second-order valence-corrected chi connectivity index (χ2v) is 8.23. The smallest absolute Gasteiger partial charge is 0.322 e. The Bertz CT molecular complexity index is 846. The van der Waals surface area contributed by atoms with Crippen LogP contribution < -0.4 is 15.0 Å². The summed E-state index contributed by atoms with van der Waals surface area (Å²) in [5.41, 5.74) is 3.84. The number of pyridine rings is 1. The number of ether oxygens (including phenoxy) is 1. The van der Waals surface area contributed by atoms with Crippen LogP contribution in [0.15, 0.2) is 36.4 Å². The summed E-state index contributed by atoms with van der Waals surface area (Å²) in [6.07, 6.45) is 0. The van der Waals surface area contributed by atoms with Crippen LogP contribution in [0.25, 0.3) is 0 Å². The predicted molar refractivity (Wildman–Crippen MR) is 112 cm³/mol. The zero-order valence-corrected chi connectivity index (χ0v) is 17.6. The number of fused-ring (bicyclic) bond motifs is 1. The molecule has 1 N–H and O–H groups in total. The van der Waals surface area contributed by atoms with E-state index in [4.69, 9.17) is 4.74 Å². The molecule has 3 rings (SSSR count). The fourth-order valence-corrected chi connectivity index (χ4v) is 3.71. The number of hydrogen-bond acceptors (Lipinski definition) is 4. The van der Waals surface area contributed by atoms with E-state index in [1.54, 1.807) is 7.11 Å². The molecule has 2 aromatic rings. The lowest BCUT2D eigenvalue weighted by Crippen LogP contribution is -2.44. The maximum absolute atomic E-state index is 13.0. The molecule has 0 fully saturated rings. The van der Waals surface area contributed by atoms with Crippen LogP contribution in [0, 0.1) is 6.92 Å². The van der Waals surface area contributed by atoms with Gasteiger partial charge in [-0.2, -0.15) is 0 Å². The lowest BCUT2D eigenvalue weighted by atomic mass is 9.91. The molecular weight excluding hydrogens is 352 g/mol. The molecule has 2 amide bonds. The zero-order chi connectivity index (χ0) is 20.5. The number of likely N-dealkylation sites (N-methyl/N-ethyl adjacent to an activating group) is 1. The first-order valence-electron chi connectivity index (χ1n) is 9.57. The Morgan fingerprint density at radius 2 is 1.93 bits per heavy atom. The topological polar surface area (TPSA) is 57.7 Å². The molecule has 1 aromatic heterocycles. The third-order valence-electron chi connectivity index (χ3n) is 5.31. The molecule has 0 saturated heterocycles. The van der Waals surface area contributed by atoms with Gasteiger partial charge in [-0.25, -0.2) is 4.79 Å². The molecule has 6 heteroatoms. The highest BCUT2D eigenvalue weighted by Gasteiger charge is 2.39. The highest BCUT2D eigenvalue weighted by atomic mass is 16.5. The molecule has 1 atom stereocenters. The summed E-state index contributed by atoms with van der Waals surface area (Å²) in [6, 6.07) is 11.9. The van der Waals surface area contributed by atoms with Gasteiger partial charge in [-0.3, -0.25) is 9.88 Å². The van der Waals surface area contributed by atoms with Crippen LogP contribution >= 0.6 is 0 Å². The standard InChI is InChI=1S/C22H30N4O2/c1-15-7-12-18-20(24-15)22(2,3)14-26(18)21(27)23-13-19(25(4)5)16-8-10-17(28-6)11-9-16/h7-12,19H,13-14H2,1-6H3,(H,23,27). The number of rotatable bonds is 5. The number of benzene rings is 1. The Balaban J connectivity index is 1.74. The lowest BCUT2D eigenvalue weighted by Gasteiger charge is -2.27. The summed E-state index contributed by atoms with van der Waals surface area (Å²) in [6.45, 7) is 7.39. The van der Waals surface area contributed by atoms with Gasteiger partial charge in [-0.1, -0.05) is 26.0 Å². The number of aryl methyl sites for hydroxylation is 1. The molecule has 1 unspecified atom stereocenters. The molecule has 150 valence electrons. The van der Waals surface area contributed by atoms with Crippen molar-refractivity contribution in [1.82, 2.24) is 15.2 Å². The fourth-order valence-electron chi connectivity index (χ4n) is 3.71. The number of methoxy groups -OCH3 is 1. The summed E-state index contributed by atoms with van der Waals surface area (Å²) < 4.78 is 5.24. The largest absolute Gasteiger partial charge is 0.497 e. The number of carbonyl (C=O) groups excluding carboxylic acids is 1. The third kappa shape index (κ3) is 3.97. The Kier molecular flexibility index (Phi) is 5.61. The molecule has 28 heavy (non-hydrogen) atoms. The first-order chi connectivity index (χ1) is 13.2. The number of anilines is 1. The minimum absolute atomic E-state index is 0.0704. The van der Waals surface area contributed by atoms with Crippen LogP contribution in [0.2, 0.25) is 0 Å². The SMILES string of the molecule is COc1ccc(C(CNC(=O)N2CC(C)(C)c3nc(C)ccc32)N(C)C)cc1. The van der Waals surface area contributed by atoms with E-state index >= 15 is 0 Å². The van der Waals surface area contributed by atoms with Crippen molar-refractivity contribution in [2.75, 3.05) is 39.2 Å². The van der Waals surface area contributed by atoms with Gasteiger partial charge in [0.1, 0.15) is 5.75 Å². The van der Waals surface area contributed by atoms with Crippen LogP contribution in [-0.2, 0) is 5.41 Å². The van der Waals surface area contributed by atoms with Gasteiger partial charge in [-0.05, 0) is 50.8 Å². The highest BCUT2D eigenvalue weighted by molar-refractivity contribution is 5.94. The van der Waals surface area contributed by atoms with Crippen molar-refractivity contribution in [1.29, 1.82) is 0 Å². The molecule has 0 spiro atoms. The molecule has 0 saturated carbocycles. The number of nitrogens with one attached hydrogen (secondary N) is 1. The minimum Gasteiger partial charge on any atom is -0.497 e. The number of hydrogen-bond donors (Lipinski definition) is 1. The number of urea groups is 1. The minimum atomic E-state index is -0.157. The second kappa shape index (κ2) is 7.80. The van der Waals surface area contributed by atoms with Crippen LogP contribution in [0.5, 0.6) is 5.75 Å². The number of carbonyl (C=O) groups is 1.